The number of carboxylic acids is 2. The van der Waals surface area contributed by atoms with Crippen LogP contribution in [-0.4, -0.2) is 84.4 Å². The molecule has 4 heterocycles. The van der Waals surface area contributed by atoms with Crippen molar-refractivity contribution in [1.82, 2.24) is 24.3 Å². The second-order valence-electron chi connectivity index (χ2n) is 8.24. The zero-order valence-corrected chi connectivity index (χ0v) is 19.9. The van der Waals surface area contributed by atoms with Crippen molar-refractivity contribution in [3.05, 3.63) is 47.8 Å². The molecule has 2 aliphatic rings. The maximum Gasteiger partial charge on any atom is 0.490 e. The third-order valence-corrected chi connectivity index (χ3v) is 5.47. The lowest BCUT2D eigenvalue weighted by Crippen LogP contribution is -2.31. The summed E-state index contributed by atoms with van der Waals surface area (Å²) in [5.74, 6) is -5.43. The number of carbonyl (C=O) groups excluding carboxylic acids is 1. The molecule has 0 aliphatic carbocycles. The first-order chi connectivity index (χ1) is 17.7. The molecular weight excluding hydrogens is 528 g/mol. The first-order valence-corrected chi connectivity index (χ1v) is 11.2. The quantitative estimate of drug-likeness (QED) is 0.555. The summed E-state index contributed by atoms with van der Waals surface area (Å²) in [5, 5.41) is 14.2. The number of likely N-dealkylation sites (tertiary alicyclic amines) is 1. The molecule has 2 N–H and O–H groups in total. The van der Waals surface area contributed by atoms with E-state index in [1.807, 2.05) is 11.2 Å². The van der Waals surface area contributed by atoms with Gasteiger partial charge in [-0.05, 0) is 44.5 Å². The van der Waals surface area contributed by atoms with Crippen molar-refractivity contribution in [2.24, 2.45) is 0 Å². The number of halogens is 6. The second-order valence-corrected chi connectivity index (χ2v) is 8.24. The van der Waals surface area contributed by atoms with Crippen LogP contribution in [-0.2, 0) is 29.2 Å². The Balaban J connectivity index is 0.000000301. The molecule has 0 bridgehead atoms. The minimum Gasteiger partial charge on any atom is -0.475 e. The number of hydrogen-bond donors (Lipinski definition) is 2. The average Bonchev–Trinajstić information content (AvgIpc) is 3.43. The van der Waals surface area contributed by atoms with Crippen LogP contribution in [0.5, 0.6) is 0 Å². The Hall–Kier alpha value is -3.69. The Bertz CT molecular complexity index is 1060. The summed E-state index contributed by atoms with van der Waals surface area (Å²) in [6, 6.07) is 3.57. The van der Waals surface area contributed by atoms with Gasteiger partial charge in [-0.3, -0.25) is 14.7 Å². The van der Waals surface area contributed by atoms with E-state index in [0.29, 0.717) is 12.1 Å². The Morgan fingerprint density at radius 3 is 1.87 bits per heavy atom. The predicted molar refractivity (Wildman–Crippen MR) is 118 cm³/mol. The fourth-order valence-electron chi connectivity index (χ4n) is 3.65. The molecule has 0 spiro atoms. The number of alkyl halides is 6. The summed E-state index contributed by atoms with van der Waals surface area (Å²) < 4.78 is 65.7. The number of fused-ring (bicyclic) bond motifs is 1. The van der Waals surface area contributed by atoms with Crippen molar-refractivity contribution in [1.29, 1.82) is 0 Å². The number of carbonyl (C=O) groups is 3. The summed E-state index contributed by atoms with van der Waals surface area (Å²) in [4.78, 5) is 43.6. The van der Waals surface area contributed by atoms with Crippen LogP contribution in [0.1, 0.15) is 41.0 Å². The molecule has 1 amide bonds. The fourth-order valence-corrected chi connectivity index (χ4v) is 3.65. The molecule has 16 heteroatoms. The number of aromatic nitrogens is 3. The number of aliphatic carboxylic acids is 2. The first kappa shape index (κ1) is 30.5. The van der Waals surface area contributed by atoms with E-state index in [9.17, 15) is 31.1 Å². The van der Waals surface area contributed by atoms with Crippen LogP contribution < -0.4 is 0 Å². The van der Waals surface area contributed by atoms with Gasteiger partial charge in [0.05, 0.1) is 24.3 Å². The topological polar surface area (TPSA) is 129 Å². The van der Waals surface area contributed by atoms with Crippen molar-refractivity contribution < 1.29 is 50.9 Å². The lowest BCUT2D eigenvalue weighted by Gasteiger charge is -2.21. The van der Waals surface area contributed by atoms with Crippen molar-refractivity contribution in [3.63, 3.8) is 0 Å². The van der Waals surface area contributed by atoms with Crippen molar-refractivity contribution >= 4 is 17.8 Å². The molecule has 210 valence electrons. The normalized spacial score (nSPS) is 15.8. The molecule has 2 aromatic heterocycles. The number of pyridine rings is 1. The van der Waals surface area contributed by atoms with Crippen LogP contribution in [0.2, 0.25) is 0 Å². The largest absolute Gasteiger partial charge is 0.490 e. The highest BCUT2D eigenvalue weighted by Gasteiger charge is 2.38. The van der Waals surface area contributed by atoms with Gasteiger partial charge in [0.15, 0.2) is 0 Å². The van der Waals surface area contributed by atoms with Crippen LogP contribution in [0.25, 0.3) is 0 Å². The van der Waals surface area contributed by atoms with Gasteiger partial charge in [0, 0.05) is 37.6 Å². The van der Waals surface area contributed by atoms with Gasteiger partial charge in [-0.2, -0.15) is 26.3 Å². The van der Waals surface area contributed by atoms with Gasteiger partial charge in [0.25, 0.3) is 5.91 Å². The molecule has 0 unspecified atom stereocenters. The Labute approximate surface area is 212 Å². The van der Waals surface area contributed by atoms with Gasteiger partial charge in [0.1, 0.15) is 0 Å². The monoisotopic (exact) mass is 553 g/mol. The van der Waals surface area contributed by atoms with E-state index in [1.165, 1.54) is 18.5 Å². The van der Waals surface area contributed by atoms with Crippen molar-refractivity contribution in [2.45, 2.75) is 51.2 Å². The van der Waals surface area contributed by atoms with Gasteiger partial charge in [-0.25, -0.2) is 14.6 Å². The standard InChI is InChI=1S/C18H23N5O.2C2HF3O2/c24-18(15-4-6-19-7-5-15)22-10-3-11-23-14-20-16(17(23)13-22)12-21-8-1-2-9-21;2*3-2(4,5)1(6)7/h4-7,14H,1-3,8-13H2;2*(H,6,7). The summed E-state index contributed by atoms with van der Waals surface area (Å²) >= 11 is 0. The average molecular weight is 553 g/mol. The number of nitrogens with zero attached hydrogens (tertiary/aromatic N) is 5. The molecule has 1 fully saturated rings. The van der Waals surface area contributed by atoms with E-state index in [4.69, 9.17) is 19.8 Å². The highest BCUT2D eigenvalue weighted by atomic mass is 19.4. The number of hydrogen-bond acceptors (Lipinski definition) is 6. The third-order valence-electron chi connectivity index (χ3n) is 5.47. The first-order valence-electron chi connectivity index (χ1n) is 11.2. The van der Waals surface area contributed by atoms with Gasteiger partial charge >= 0.3 is 24.3 Å². The second kappa shape index (κ2) is 13.2. The Kier molecular flexibility index (Phi) is 10.6. The molecule has 38 heavy (non-hydrogen) atoms. The molecule has 0 atom stereocenters. The SMILES string of the molecule is O=C(O)C(F)(F)F.O=C(O)C(F)(F)F.O=C(c1ccncc1)N1CCCn2cnc(CN3CCCC3)c2C1. The summed E-state index contributed by atoms with van der Waals surface area (Å²) in [7, 11) is 0. The molecule has 0 saturated carbocycles. The maximum absolute atomic E-state index is 12.8. The zero-order chi connectivity index (χ0) is 28.5. The Morgan fingerprint density at radius 1 is 0.842 bits per heavy atom. The van der Waals surface area contributed by atoms with Gasteiger partial charge < -0.3 is 19.7 Å². The molecule has 0 aromatic carbocycles. The molecule has 0 radical (unpaired) electrons. The van der Waals surface area contributed by atoms with Crippen LogP contribution in [0.15, 0.2) is 30.9 Å². The minimum atomic E-state index is -5.08. The van der Waals surface area contributed by atoms with Crippen LogP contribution in [0.4, 0.5) is 26.3 Å². The fraction of sp³-hybridized carbons (Fsp3) is 0.500. The number of aryl methyl sites for hydroxylation is 1. The van der Waals surface area contributed by atoms with Gasteiger partial charge in [-0.1, -0.05) is 0 Å². The van der Waals surface area contributed by atoms with Crippen molar-refractivity contribution in [3.8, 4) is 0 Å². The number of imidazole rings is 1. The number of rotatable bonds is 3. The number of carboxylic acid groups (broad SMARTS) is 2. The summed E-state index contributed by atoms with van der Waals surface area (Å²) in [6.45, 7) is 5.58. The van der Waals surface area contributed by atoms with E-state index < -0.39 is 24.3 Å². The molecule has 10 nitrogen and oxygen atoms in total. The minimum absolute atomic E-state index is 0.0826. The van der Waals surface area contributed by atoms with Gasteiger partial charge in [-0.15, -0.1) is 0 Å². The summed E-state index contributed by atoms with van der Waals surface area (Å²) in [5.41, 5.74) is 3.03. The third kappa shape index (κ3) is 9.32. The molecule has 1 saturated heterocycles. The lowest BCUT2D eigenvalue weighted by molar-refractivity contribution is -0.193. The highest BCUT2D eigenvalue weighted by molar-refractivity contribution is 5.94. The van der Waals surface area contributed by atoms with Crippen LogP contribution >= 0.6 is 0 Å². The van der Waals surface area contributed by atoms with Crippen molar-refractivity contribution in [2.75, 3.05) is 19.6 Å². The van der Waals surface area contributed by atoms with Crippen LogP contribution in [0, 0.1) is 0 Å². The molecular formula is C22H25F6N5O5. The Morgan fingerprint density at radius 2 is 1.37 bits per heavy atom. The maximum atomic E-state index is 12.8. The molecule has 2 aliphatic heterocycles. The smallest absolute Gasteiger partial charge is 0.475 e. The lowest BCUT2D eigenvalue weighted by atomic mass is 10.2. The zero-order valence-electron chi connectivity index (χ0n) is 19.9. The van der Waals surface area contributed by atoms with E-state index in [2.05, 4.69) is 19.4 Å². The summed E-state index contributed by atoms with van der Waals surface area (Å²) in [6.07, 6.45) is -1.35. The van der Waals surface area contributed by atoms with E-state index in [-0.39, 0.29) is 5.91 Å². The van der Waals surface area contributed by atoms with Gasteiger partial charge in [0.2, 0.25) is 0 Å². The number of amides is 1. The molecule has 2 aromatic rings. The van der Waals surface area contributed by atoms with Crippen LogP contribution in [0.3, 0.4) is 0 Å². The van der Waals surface area contributed by atoms with E-state index in [0.717, 1.165) is 44.8 Å². The van der Waals surface area contributed by atoms with E-state index in [1.54, 1.807) is 24.5 Å². The highest BCUT2D eigenvalue weighted by Crippen LogP contribution is 2.21. The molecule has 4 rings (SSSR count). The predicted octanol–water partition coefficient (Wildman–Crippen LogP) is 3.19. The van der Waals surface area contributed by atoms with E-state index >= 15 is 0 Å².